The third-order valence-corrected chi connectivity index (χ3v) is 2.12. The molecule has 0 fully saturated rings. The van der Waals surface area contributed by atoms with Crippen molar-refractivity contribution in [2.24, 2.45) is 5.73 Å². The Kier molecular flexibility index (Phi) is 3.80. The molecule has 0 saturated carbocycles. The average Bonchev–Trinajstić information content (AvgIpc) is 2.02. The predicted octanol–water partition coefficient (Wildman–Crippen LogP) is -0.0343. The molecule has 0 bridgehead atoms. The van der Waals surface area contributed by atoms with Gasteiger partial charge in [-0.25, -0.2) is 13.6 Å². The maximum absolute atomic E-state index is 13.0. The Morgan fingerprint density at radius 1 is 1.69 bits per heavy atom. The monoisotopic (exact) mass is 213 g/mol. The summed E-state index contributed by atoms with van der Waals surface area (Å²) in [5.74, 6) is -6.59. The van der Waals surface area contributed by atoms with Gasteiger partial charge in [-0.1, -0.05) is 0 Å². The summed E-state index contributed by atoms with van der Waals surface area (Å²) in [6, 6.07) is 0. The number of alkyl halides is 2. The lowest BCUT2D eigenvalue weighted by atomic mass is 9.96. The molecule has 0 rings (SSSR count). The molecular formula is C6H9F2NO3S. The van der Waals surface area contributed by atoms with Gasteiger partial charge in [-0.3, -0.25) is 0 Å². The Balaban J connectivity index is 4.94. The molecule has 0 saturated heterocycles. The first-order valence-electron chi connectivity index (χ1n) is 3.17. The summed E-state index contributed by atoms with van der Waals surface area (Å²) in [6.07, 6.45) is 0.923. The van der Waals surface area contributed by atoms with Gasteiger partial charge in [-0.05, 0) is 6.26 Å². The Bertz CT molecular complexity index is 224. The second-order valence-electron chi connectivity index (χ2n) is 2.43. The van der Waals surface area contributed by atoms with Gasteiger partial charge in [-0.15, -0.1) is 0 Å². The molecule has 0 spiro atoms. The lowest BCUT2D eigenvalue weighted by Crippen LogP contribution is -2.63. The molecule has 0 aromatic rings. The van der Waals surface area contributed by atoms with Crippen molar-refractivity contribution >= 4 is 24.0 Å². The Morgan fingerprint density at radius 3 is 2.38 bits per heavy atom. The third-order valence-electron chi connectivity index (χ3n) is 1.47. The van der Waals surface area contributed by atoms with Crippen LogP contribution in [-0.4, -0.2) is 40.8 Å². The minimum Gasteiger partial charge on any atom is -0.479 e. The summed E-state index contributed by atoms with van der Waals surface area (Å²) in [5.41, 5.74) is 1.64. The Labute approximate surface area is 77.5 Å². The number of carbonyl (C=O) groups excluding carboxylic acids is 1. The zero-order valence-electron chi connectivity index (χ0n) is 6.79. The van der Waals surface area contributed by atoms with Crippen LogP contribution in [0.3, 0.4) is 0 Å². The molecular weight excluding hydrogens is 204 g/mol. The van der Waals surface area contributed by atoms with Crippen molar-refractivity contribution in [3.05, 3.63) is 0 Å². The molecule has 0 aromatic heterocycles. The van der Waals surface area contributed by atoms with E-state index in [-0.39, 0.29) is 0 Å². The third kappa shape index (κ3) is 2.16. The van der Waals surface area contributed by atoms with Gasteiger partial charge >= 0.3 is 5.97 Å². The molecule has 13 heavy (non-hydrogen) atoms. The molecule has 0 heterocycles. The van der Waals surface area contributed by atoms with Crippen molar-refractivity contribution < 1.29 is 23.5 Å². The summed E-state index contributed by atoms with van der Waals surface area (Å²) >= 11 is 0.716. The normalized spacial score (nSPS) is 16.3. The number of rotatable bonds is 5. The molecule has 0 aliphatic carbocycles. The minimum atomic E-state index is -3.75. The van der Waals surface area contributed by atoms with Gasteiger partial charge in [-0.2, -0.15) is 11.8 Å². The largest absolute Gasteiger partial charge is 0.479 e. The molecule has 0 aliphatic heterocycles. The van der Waals surface area contributed by atoms with E-state index in [1.54, 1.807) is 0 Å². The van der Waals surface area contributed by atoms with Crippen LogP contribution in [0.5, 0.6) is 0 Å². The number of aliphatic carboxylic acids is 1. The van der Waals surface area contributed by atoms with Gasteiger partial charge in [0.05, 0.1) is 5.75 Å². The van der Waals surface area contributed by atoms with Gasteiger partial charge in [0.25, 0.3) is 5.92 Å². The van der Waals surface area contributed by atoms with Crippen molar-refractivity contribution in [1.29, 1.82) is 0 Å². The van der Waals surface area contributed by atoms with Crippen LogP contribution in [-0.2, 0) is 9.59 Å². The molecule has 1 atom stereocenters. The van der Waals surface area contributed by atoms with E-state index in [1.807, 2.05) is 0 Å². The lowest BCUT2D eigenvalue weighted by molar-refractivity contribution is -0.160. The fourth-order valence-electron chi connectivity index (χ4n) is 0.594. The number of carbonyl (C=O) groups is 2. The Hall–Kier alpha value is -0.690. The van der Waals surface area contributed by atoms with E-state index in [1.165, 1.54) is 6.26 Å². The SMILES string of the molecule is CSCC(F)(F)C(N)(C=O)C(=O)O. The Morgan fingerprint density at radius 2 is 2.15 bits per heavy atom. The second kappa shape index (κ2) is 4.01. The minimum absolute atomic E-state index is 0.439. The number of thioether (sulfide) groups is 1. The number of carboxylic acid groups (broad SMARTS) is 1. The van der Waals surface area contributed by atoms with Crippen molar-refractivity contribution in [3.63, 3.8) is 0 Å². The maximum Gasteiger partial charge on any atom is 0.337 e. The number of nitrogens with two attached hydrogens (primary N) is 1. The van der Waals surface area contributed by atoms with Crippen molar-refractivity contribution in [1.82, 2.24) is 0 Å². The van der Waals surface area contributed by atoms with Gasteiger partial charge in [0, 0.05) is 0 Å². The first-order valence-corrected chi connectivity index (χ1v) is 4.56. The smallest absolute Gasteiger partial charge is 0.337 e. The van der Waals surface area contributed by atoms with E-state index in [0.29, 0.717) is 11.8 Å². The highest BCUT2D eigenvalue weighted by molar-refractivity contribution is 7.98. The van der Waals surface area contributed by atoms with Crippen LogP contribution in [0.2, 0.25) is 0 Å². The number of aldehydes is 1. The summed E-state index contributed by atoms with van der Waals surface area (Å²) in [4.78, 5) is 20.5. The van der Waals surface area contributed by atoms with Crippen LogP contribution in [0.1, 0.15) is 0 Å². The highest BCUT2D eigenvalue weighted by atomic mass is 32.2. The fourth-order valence-corrected chi connectivity index (χ4v) is 1.20. The van der Waals surface area contributed by atoms with E-state index < -0.39 is 29.5 Å². The molecule has 0 aliphatic rings. The summed E-state index contributed by atoms with van der Waals surface area (Å²) < 4.78 is 25.9. The number of carboxylic acids is 1. The lowest BCUT2D eigenvalue weighted by Gasteiger charge is -2.27. The van der Waals surface area contributed by atoms with Crippen LogP contribution in [0.4, 0.5) is 8.78 Å². The molecule has 4 nitrogen and oxygen atoms in total. The van der Waals surface area contributed by atoms with Gasteiger partial charge in [0.15, 0.2) is 6.29 Å². The van der Waals surface area contributed by atoms with Crippen LogP contribution in [0, 0.1) is 0 Å². The average molecular weight is 213 g/mol. The summed E-state index contributed by atoms with van der Waals surface area (Å²) in [5, 5.41) is 8.35. The standard InChI is InChI=1S/C6H9F2NO3S/c1-13-3-6(7,8)5(9,2-10)4(11)12/h2H,3,9H2,1H3,(H,11,12). The van der Waals surface area contributed by atoms with Gasteiger partial charge in [0.2, 0.25) is 5.54 Å². The van der Waals surface area contributed by atoms with Crippen molar-refractivity contribution in [2.45, 2.75) is 11.5 Å². The molecule has 1 unspecified atom stereocenters. The molecule has 0 amide bonds. The summed E-state index contributed by atoms with van der Waals surface area (Å²) in [6.45, 7) is 0. The van der Waals surface area contributed by atoms with Crippen molar-refractivity contribution in [2.75, 3.05) is 12.0 Å². The van der Waals surface area contributed by atoms with Crippen LogP contribution in [0.25, 0.3) is 0 Å². The van der Waals surface area contributed by atoms with E-state index in [2.05, 4.69) is 0 Å². The van der Waals surface area contributed by atoms with Gasteiger partial charge in [0.1, 0.15) is 0 Å². The topological polar surface area (TPSA) is 80.4 Å². The molecule has 76 valence electrons. The highest BCUT2D eigenvalue weighted by Gasteiger charge is 2.56. The van der Waals surface area contributed by atoms with E-state index in [9.17, 15) is 18.4 Å². The quantitative estimate of drug-likeness (QED) is 0.495. The zero-order chi connectivity index (χ0) is 10.7. The first-order chi connectivity index (χ1) is 5.81. The highest BCUT2D eigenvalue weighted by Crippen LogP contribution is 2.28. The number of halogens is 2. The van der Waals surface area contributed by atoms with Crippen LogP contribution in [0.15, 0.2) is 0 Å². The fraction of sp³-hybridized carbons (Fsp3) is 0.667. The van der Waals surface area contributed by atoms with E-state index in [0.717, 1.165) is 0 Å². The van der Waals surface area contributed by atoms with E-state index in [4.69, 9.17) is 10.8 Å². The molecule has 3 N–H and O–H groups in total. The maximum atomic E-state index is 13.0. The molecule has 0 aromatic carbocycles. The van der Waals surface area contributed by atoms with E-state index >= 15 is 0 Å². The van der Waals surface area contributed by atoms with Crippen LogP contribution >= 0.6 is 11.8 Å². The predicted molar refractivity (Wildman–Crippen MR) is 43.9 cm³/mol. The first kappa shape index (κ1) is 12.3. The van der Waals surface area contributed by atoms with Gasteiger partial charge < -0.3 is 15.6 Å². The zero-order valence-corrected chi connectivity index (χ0v) is 7.61. The van der Waals surface area contributed by atoms with Crippen LogP contribution < -0.4 is 5.73 Å². The summed E-state index contributed by atoms with van der Waals surface area (Å²) in [7, 11) is 0. The number of hydrogen-bond donors (Lipinski definition) is 2. The second-order valence-corrected chi connectivity index (χ2v) is 3.30. The van der Waals surface area contributed by atoms with Crippen molar-refractivity contribution in [3.8, 4) is 0 Å². The molecule has 0 radical (unpaired) electrons. The number of hydrogen-bond acceptors (Lipinski definition) is 4. The molecule has 7 heteroatoms.